The highest BCUT2D eigenvalue weighted by Crippen LogP contribution is 2.17. The van der Waals surface area contributed by atoms with E-state index in [1.54, 1.807) is 13.0 Å². The molecule has 0 radical (unpaired) electrons. The number of hydrogen-bond donors (Lipinski definition) is 1. The molecule has 5 nitrogen and oxygen atoms in total. The molecule has 24 heavy (non-hydrogen) atoms. The lowest BCUT2D eigenvalue weighted by atomic mass is 10.2. The quantitative estimate of drug-likeness (QED) is 0.734. The summed E-state index contributed by atoms with van der Waals surface area (Å²) >= 11 is 3.14. The van der Waals surface area contributed by atoms with Gasteiger partial charge in [0.15, 0.2) is 0 Å². The van der Waals surface area contributed by atoms with Gasteiger partial charge >= 0.3 is 5.97 Å². The van der Waals surface area contributed by atoms with Gasteiger partial charge in [-0.2, -0.15) is 0 Å². The Bertz CT molecular complexity index is 855. The van der Waals surface area contributed by atoms with Crippen LogP contribution in [0.4, 0.5) is 4.39 Å². The Morgan fingerprint density at radius 3 is 2.67 bits per heavy atom. The minimum absolute atomic E-state index is 0.0337. The number of rotatable bonds is 6. The fourth-order valence-corrected chi connectivity index (χ4v) is 3.35. The average Bonchev–Trinajstić information content (AvgIpc) is 2.54. The maximum Gasteiger partial charge on any atom is 0.338 e. The van der Waals surface area contributed by atoms with Crippen LogP contribution in [-0.4, -0.2) is 20.9 Å². The molecule has 0 atom stereocenters. The second kappa shape index (κ2) is 7.87. The molecule has 8 heteroatoms. The van der Waals surface area contributed by atoms with Crippen molar-refractivity contribution in [1.82, 2.24) is 4.72 Å². The standard InChI is InChI=1S/C16H15BrFNO4S/c1-2-19-24(21,22)14-5-3-4-11(8-14)16(20)23-10-12-6-7-13(17)9-15(12)18/h3-9,19H,2,10H2,1H3. The molecule has 0 saturated carbocycles. The number of halogens is 2. The molecule has 0 aliphatic rings. The third-order valence-corrected chi connectivity index (χ3v) is 5.12. The Balaban J connectivity index is 2.13. The van der Waals surface area contributed by atoms with E-state index in [1.165, 1.54) is 36.4 Å². The minimum Gasteiger partial charge on any atom is -0.457 e. The zero-order valence-corrected chi connectivity index (χ0v) is 15.2. The van der Waals surface area contributed by atoms with Gasteiger partial charge in [0.1, 0.15) is 12.4 Å². The lowest BCUT2D eigenvalue weighted by Crippen LogP contribution is -2.23. The van der Waals surface area contributed by atoms with Crippen molar-refractivity contribution in [2.45, 2.75) is 18.4 Å². The monoisotopic (exact) mass is 415 g/mol. The average molecular weight is 416 g/mol. The highest BCUT2D eigenvalue weighted by atomic mass is 79.9. The van der Waals surface area contributed by atoms with Crippen molar-refractivity contribution < 1.29 is 22.3 Å². The first-order valence-electron chi connectivity index (χ1n) is 7.04. The van der Waals surface area contributed by atoms with Gasteiger partial charge in [-0.05, 0) is 30.3 Å². The zero-order chi connectivity index (χ0) is 17.7. The van der Waals surface area contributed by atoms with E-state index in [1.807, 2.05) is 0 Å². The topological polar surface area (TPSA) is 72.5 Å². The fraction of sp³-hybridized carbons (Fsp3) is 0.188. The molecular formula is C16H15BrFNO4S. The number of carbonyl (C=O) groups is 1. The van der Waals surface area contributed by atoms with Crippen LogP contribution in [0.15, 0.2) is 51.8 Å². The van der Waals surface area contributed by atoms with Gasteiger partial charge in [-0.15, -0.1) is 0 Å². The molecule has 0 aliphatic heterocycles. The van der Waals surface area contributed by atoms with Crippen LogP contribution in [0.3, 0.4) is 0 Å². The summed E-state index contributed by atoms with van der Waals surface area (Å²) in [5, 5.41) is 0. The molecule has 0 fully saturated rings. The van der Waals surface area contributed by atoms with E-state index in [-0.39, 0.29) is 29.2 Å². The van der Waals surface area contributed by atoms with Crippen LogP contribution in [0.25, 0.3) is 0 Å². The highest BCUT2D eigenvalue weighted by Gasteiger charge is 2.16. The SMILES string of the molecule is CCNS(=O)(=O)c1cccc(C(=O)OCc2ccc(Br)cc2F)c1. The number of esters is 1. The summed E-state index contributed by atoms with van der Waals surface area (Å²) in [7, 11) is -3.67. The van der Waals surface area contributed by atoms with Crippen molar-refractivity contribution in [3.05, 3.63) is 63.9 Å². The summed E-state index contributed by atoms with van der Waals surface area (Å²) in [6.07, 6.45) is 0. The lowest BCUT2D eigenvalue weighted by molar-refractivity contribution is 0.0468. The van der Waals surface area contributed by atoms with E-state index in [2.05, 4.69) is 20.7 Å². The van der Waals surface area contributed by atoms with Crippen LogP contribution < -0.4 is 4.72 Å². The molecule has 2 aromatic rings. The molecule has 0 aliphatic carbocycles. The predicted molar refractivity (Wildman–Crippen MR) is 90.5 cm³/mol. The van der Waals surface area contributed by atoms with Crippen molar-refractivity contribution in [3.8, 4) is 0 Å². The summed E-state index contributed by atoms with van der Waals surface area (Å²) < 4.78 is 45.6. The summed E-state index contributed by atoms with van der Waals surface area (Å²) in [6.45, 7) is 1.64. The Morgan fingerprint density at radius 2 is 2.00 bits per heavy atom. The number of carbonyl (C=O) groups excluding carboxylic acids is 1. The molecule has 128 valence electrons. The van der Waals surface area contributed by atoms with Crippen LogP contribution in [-0.2, 0) is 21.4 Å². The van der Waals surface area contributed by atoms with Crippen LogP contribution in [0.1, 0.15) is 22.8 Å². The van der Waals surface area contributed by atoms with Crippen molar-refractivity contribution in [3.63, 3.8) is 0 Å². The van der Waals surface area contributed by atoms with E-state index in [4.69, 9.17) is 4.74 Å². The maximum atomic E-state index is 13.7. The van der Waals surface area contributed by atoms with Crippen LogP contribution in [0.5, 0.6) is 0 Å². The highest BCUT2D eigenvalue weighted by molar-refractivity contribution is 9.10. The van der Waals surface area contributed by atoms with E-state index in [0.717, 1.165) is 0 Å². The fourth-order valence-electron chi connectivity index (χ4n) is 1.93. The second-order valence-corrected chi connectivity index (χ2v) is 7.52. The van der Waals surface area contributed by atoms with Gasteiger partial charge in [0.25, 0.3) is 0 Å². The predicted octanol–water partition coefficient (Wildman–Crippen LogP) is 3.24. The molecule has 2 aromatic carbocycles. The van der Waals surface area contributed by atoms with Crippen molar-refractivity contribution >= 4 is 31.9 Å². The molecule has 0 aromatic heterocycles. The molecule has 0 heterocycles. The smallest absolute Gasteiger partial charge is 0.338 e. The number of nitrogens with one attached hydrogen (secondary N) is 1. The van der Waals surface area contributed by atoms with E-state index < -0.39 is 21.8 Å². The number of ether oxygens (including phenoxy) is 1. The molecule has 2 rings (SSSR count). The van der Waals surface area contributed by atoms with Crippen LogP contribution >= 0.6 is 15.9 Å². The first-order valence-corrected chi connectivity index (χ1v) is 9.32. The Kier molecular flexibility index (Phi) is 6.09. The van der Waals surface area contributed by atoms with Gasteiger partial charge in [0.05, 0.1) is 10.5 Å². The van der Waals surface area contributed by atoms with Gasteiger partial charge in [-0.3, -0.25) is 0 Å². The van der Waals surface area contributed by atoms with Crippen molar-refractivity contribution in [2.75, 3.05) is 6.54 Å². The van der Waals surface area contributed by atoms with Gasteiger partial charge in [0, 0.05) is 16.6 Å². The van der Waals surface area contributed by atoms with Gasteiger partial charge in [0.2, 0.25) is 10.0 Å². The molecule has 0 bridgehead atoms. The van der Waals surface area contributed by atoms with Gasteiger partial charge in [-0.1, -0.05) is 35.0 Å². The van der Waals surface area contributed by atoms with E-state index >= 15 is 0 Å². The summed E-state index contributed by atoms with van der Waals surface area (Å²) in [4.78, 5) is 12.0. The van der Waals surface area contributed by atoms with E-state index in [0.29, 0.717) is 4.47 Å². The molecule has 0 saturated heterocycles. The number of benzene rings is 2. The molecule has 0 amide bonds. The molecular weight excluding hydrogens is 401 g/mol. The first-order chi connectivity index (χ1) is 11.3. The number of hydrogen-bond acceptors (Lipinski definition) is 4. The largest absolute Gasteiger partial charge is 0.457 e. The zero-order valence-electron chi connectivity index (χ0n) is 12.8. The molecule has 0 unspecified atom stereocenters. The number of sulfonamides is 1. The van der Waals surface area contributed by atoms with Gasteiger partial charge in [-0.25, -0.2) is 22.3 Å². The molecule has 1 N–H and O–H groups in total. The maximum absolute atomic E-state index is 13.7. The third-order valence-electron chi connectivity index (χ3n) is 3.09. The Labute approximate surface area is 148 Å². The van der Waals surface area contributed by atoms with Crippen LogP contribution in [0.2, 0.25) is 0 Å². The first kappa shape index (κ1) is 18.6. The lowest BCUT2D eigenvalue weighted by Gasteiger charge is -2.08. The molecule has 0 spiro atoms. The Morgan fingerprint density at radius 1 is 1.25 bits per heavy atom. The van der Waals surface area contributed by atoms with Crippen molar-refractivity contribution in [2.24, 2.45) is 0 Å². The summed E-state index contributed by atoms with van der Waals surface area (Å²) in [5.41, 5.74) is 0.300. The third kappa shape index (κ3) is 4.62. The second-order valence-electron chi connectivity index (χ2n) is 4.84. The minimum atomic E-state index is -3.67. The van der Waals surface area contributed by atoms with Crippen molar-refractivity contribution in [1.29, 1.82) is 0 Å². The van der Waals surface area contributed by atoms with Crippen LogP contribution in [0, 0.1) is 5.82 Å². The van der Waals surface area contributed by atoms with E-state index in [9.17, 15) is 17.6 Å². The normalized spacial score (nSPS) is 11.3. The summed E-state index contributed by atoms with van der Waals surface area (Å²) in [6, 6.07) is 9.88. The van der Waals surface area contributed by atoms with Gasteiger partial charge < -0.3 is 4.74 Å². The summed E-state index contributed by atoms with van der Waals surface area (Å²) in [5.74, 6) is -1.23. The Hall–Kier alpha value is -1.77.